The molecule has 0 spiro atoms. The normalized spacial score (nSPS) is 11.3. The quantitative estimate of drug-likeness (QED) is 0.875. The second kappa shape index (κ2) is 6.57. The van der Waals surface area contributed by atoms with Crippen molar-refractivity contribution in [1.82, 2.24) is 4.72 Å². The first-order valence-corrected chi connectivity index (χ1v) is 8.72. The van der Waals surface area contributed by atoms with Crippen molar-refractivity contribution in [3.63, 3.8) is 0 Å². The fraction of sp³-hybridized carbons (Fsp3) is 0.154. The molecule has 5 nitrogen and oxygen atoms in total. The van der Waals surface area contributed by atoms with Gasteiger partial charge >= 0.3 is 0 Å². The molecule has 112 valence electrons. The maximum absolute atomic E-state index is 12.2. The maximum atomic E-state index is 12.2. The SMILES string of the molecule is CC(=O)Nc1ccc(S(=O)(=O)NCc2cccs2)cc1Cl. The number of hydrogen-bond donors (Lipinski definition) is 2. The van der Waals surface area contributed by atoms with Gasteiger partial charge in [0.05, 0.1) is 15.6 Å². The molecule has 8 heteroatoms. The lowest BCUT2D eigenvalue weighted by molar-refractivity contribution is -0.114. The summed E-state index contributed by atoms with van der Waals surface area (Å²) in [7, 11) is -3.64. The highest BCUT2D eigenvalue weighted by molar-refractivity contribution is 7.89. The highest BCUT2D eigenvalue weighted by atomic mass is 35.5. The molecule has 0 aliphatic heterocycles. The van der Waals surface area contributed by atoms with Crippen LogP contribution in [0.15, 0.2) is 40.6 Å². The summed E-state index contributed by atoms with van der Waals surface area (Å²) in [6.45, 7) is 1.58. The van der Waals surface area contributed by atoms with Crippen LogP contribution in [-0.4, -0.2) is 14.3 Å². The number of thiophene rings is 1. The third-order valence-electron chi connectivity index (χ3n) is 2.58. The van der Waals surface area contributed by atoms with Gasteiger partial charge in [-0.1, -0.05) is 17.7 Å². The Morgan fingerprint density at radius 3 is 2.67 bits per heavy atom. The Labute approximate surface area is 132 Å². The average Bonchev–Trinajstić information content (AvgIpc) is 2.91. The number of amides is 1. The van der Waals surface area contributed by atoms with E-state index in [2.05, 4.69) is 10.0 Å². The number of halogens is 1. The van der Waals surface area contributed by atoms with E-state index in [1.807, 2.05) is 17.5 Å². The summed E-state index contributed by atoms with van der Waals surface area (Å²) in [5, 5.41) is 4.57. The molecule has 2 rings (SSSR count). The Hall–Kier alpha value is -1.41. The fourth-order valence-electron chi connectivity index (χ4n) is 1.62. The molecule has 0 fully saturated rings. The van der Waals surface area contributed by atoms with E-state index in [-0.39, 0.29) is 22.4 Å². The highest BCUT2D eigenvalue weighted by Gasteiger charge is 2.16. The first-order valence-electron chi connectivity index (χ1n) is 5.97. The van der Waals surface area contributed by atoms with E-state index < -0.39 is 10.0 Å². The predicted molar refractivity (Wildman–Crippen MR) is 84.1 cm³/mol. The summed E-state index contributed by atoms with van der Waals surface area (Å²) in [6.07, 6.45) is 0. The third kappa shape index (κ3) is 4.28. The van der Waals surface area contributed by atoms with Crippen molar-refractivity contribution in [1.29, 1.82) is 0 Å². The van der Waals surface area contributed by atoms with E-state index in [9.17, 15) is 13.2 Å². The van der Waals surface area contributed by atoms with Gasteiger partial charge in [-0.15, -0.1) is 11.3 Å². The van der Waals surface area contributed by atoms with Gasteiger partial charge in [-0.3, -0.25) is 4.79 Å². The van der Waals surface area contributed by atoms with Crippen molar-refractivity contribution in [2.45, 2.75) is 18.4 Å². The Kier molecular flexibility index (Phi) is 5.00. The molecule has 21 heavy (non-hydrogen) atoms. The van der Waals surface area contributed by atoms with Gasteiger partial charge in [0.15, 0.2) is 0 Å². The molecule has 1 aromatic carbocycles. The summed E-state index contributed by atoms with van der Waals surface area (Å²) in [6, 6.07) is 7.87. The predicted octanol–water partition coefficient (Wildman–Crippen LogP) is 2.84. The summed E-state index contributed by atoms with van der Waals surface area (Å²) in [5.41, 5.74) is 0.376. The summed E-state index contributed by atoms with van der Waals surface area (Å²) in [5.74, 6) is -0.275. The van der Waals surface area contributed by atoms with Crippen LogP contribution < -0.4 is 10.0 Å². The zero-order valence-corrected chi connectivity index (χ0v) is 13.5. The van der Waals surface area contributed by atoms with Crippen LogP contribution in [0.3, 0.4) is 0 Å². The zero-order chi connectivity index (χ0) is 15.5. The van der Waals surface area contributed by atoms with Crippen LogP contribution in [0.5, 0.6) is 0 Å². The van der Waals surface area contributed by atoms with Gasteiger partial charge in [-0.2, -0.15) is 0 Å². The standard InChI is InChI=1S/C13H13ClN2O3S2/c1-9(17)16-13-5-4-11(7-12(13)14)21(18,19)15-8-10-3-2-6-20-10/h2-7,15H,8H2,1H3,(H,16,17). The van der Waals surface area contributed by atoms with Crippen molar-refractivity contribution in [3.8, 4) is 0 Å². The monoisotopic (exact) mass is 344 g/mol. The second-order valence-electron chi connectivity index (χ2n) is 4.23. The number of nitrogens with one attached hydrogen (secondary N) is 2. The Balaban J connectivity index is 2.16. The van der Waals surface area contributed by atoms with Crippen molar-refractivity contribution in [2.24, 2.45) is 0 Å². The molecule has 0 aliphatic rings. The molecule has 0 saturated heterocycles. The molecule has 1 amide bonds. The van der Waals surface area contributed by atoms with E-state index >= 15 is 0 Å². The van der Waals surface area contributed by atoms with E-state index in [4.69, 9.17) is 11.6 Å². The first kappa shape index (κ1) is 16.0. The van der Waals surface area contributed by atoms with E-state index in [0.717, 1.165) is 4.88 Å². The van der Waals surface area contributed by atoms with Crippen LogP contribution >= 0.6 is 22.9 Å². The van der Waals surface area contributed by atoms with Gasteiger partial charge in [-0.25, -0.2) is 13.1 Å². The van der Waals surface area contributed by atoms with Crippen molar-refractivity contribution in [3.05, 3.63) is 45.6 Å². The number of hydrogen-bond acceptors (Lipinski definition) is 4. The van der Waals surface area contributed by atoms with E-state index in [1.54, 1.807) is 0 Å². The van der Waals surface area contributed by atoms with E-state index in [0.29, 0.717) is 5.69 Å². The summed E-state index contributed by atoms with van der Waals surface area (Å²) in [4.78, 5) is 12.0. The fourth-order valence-corrected chi connectivity index (χ4v) is 3.68. The van der Waals surface area contributed by atoms with Gasteiger partial charge in [0.1, 0.15) is 0 Å². The van der Waals surface area contributed by atoms with Crippen LogP contribution in [0.1, 0.15) is 11.8 Å². The highest BCUT2D eigenvalue weighted by Crippen LogP contribution is 2.25. The lowest BCUT2D eigenvalue weighted by Gasteiger charge is -2.09. The molecular weight excluding hydrogens is 332 g/mol. The summed E-state index contributed by atoms with van der Waals surface area (Å²) < 4.78 is 26.8. The molecule has 1 heterocycles. The van der Waals surface area contributed by atoms with Crippen LogP contribution in [0.4, 0.5) is 5.69 Å². The number of anilines is 1. The van der Waals surface area contributed by atoms with Crippen LogP contribution in [0, 0.1) is 0 Å². The second-order valence-corrected chi connectivity index (χ2v) is 7.43. The molecule has 0 radical (unpaired) electrons. The van der Waals surface area contributed by atoms with Crippen molar-refractivity contribution < 1.29 is 13.2 Å². The largest absolute Gasteiger partial charge is 0.325 e. The lowest BCUT2D eigenvalue weighted by Crippen LogP contribution is -2.22. The molecule has 0 aliphatic carbocycles. The number of sulfonamides is 1. The minimum Gasteiger partial charge on any atom is -0.325 e. The van der Waals surface area contributed by atoms with Gasteiger partial charge in [0, 0.05) is 18.3 Å². The molecule has 2 aromatic rings. The van der Waals surface area contributed by atoms with E-state index in [1.165, 1.54) is 36.5 Å². The number of rotatable bonds is 5. The first-order chi connectivity index (χ1) is 9.88. The smallest absolute Gasteiger partial charge is 0.240 e. The lowest BCUT2D eigenvalue weighted by atomic mass is 10.3. The van der Waals surface area contributed by atoms with Gasteiger partial charge < -0.3 is 5.32 Å². The molecule has 0 saturated carbocycles. The number of carbonyl (C=O) groups is 1. The maximum Gasteiger partial charge on any atom is 0.240 e. The zero-order valence-electron chi connectivity index (χ0n) is 11.1. The Bertz CT molecular complexity index is 743. The van der Waals surface area contributed by atoms with Gasteiger partial charge in [0.25, 0.3) is 0 Å². The minimum atomic E-state index is -3.64. The molecule has 0 unspecified atom stereocenters. The van der Waals surface area contributed by atoms with Crippen molar-refractivity contribution >= 4 is 44.6 Å². The number of benzene rings is 1. The molecule has 1 aromatic heterocycles. The average molecular weight is 345 g/mol. The van der Waals surface area contributed by atoms with Crippen molar-refractivity contribution in [2.75, 3.05) is 5.32 Å². The Morgan fingerprint density at radius 2 is 2.10 bits per heavy atom. The molecule has 0 atom stereocenters. The molecule has 0 bridgehead atoms. The van der Waals surface area contributed by atoms with Crippen LogP contribution in [0.25, 0.3) is 0 Å². The topological polar surface area (TPSA) is 75.3 Å². The van der Waals surface area contributed by atoms with Gasteiger partial charge in [0.2, 0.25) is 15.9 Å². The van der Waals surface area contributed by atoms with Gasteiger partial charge in [-0.05, 0) is 29.6 Å². The van der Waals surface area contributed by atoms with Crippen LogP contribution in [0.2, 0.25) is 5.02 Å². The third-order valence-corrected chi connectivity index (χ3v) is 5.17. The Morgan fingerprint density at radius 1 is 1.33 bits per heavy atom. The summed E-state index contributed by atoms with van der Waals surface area (Å²) >= 11 is 7.45. The molecular formula is C13H13ClN2O3S2. The number of carbonyl (C=O) groups excluding carboxylic acids is 1. The molecule has 2 N–H and O–H groups in total. The minimum absolute atomic E-state index is 0.0539. The van der Waals surface area contributed by atoms with Crippen LogP contribution in [-0.2, 0) is 21.4 Å².